The number of rotatable bonds is 11. The number of aliphatic imine (C=N–C) groups is 1. The molecule has 7 heteroatoms. The summed E-state index contributed by atoms with van der Waals surface area (Å²) in [4.78, 5) is 22.6. The number of hydrogen-bond acceptors (Lipinski definition) is 4. The normalized spacial score (nSPS) is 11.2. The maximum atomic E-state index is 12.2. The molecule has 2 N–H and O–H groups in total. The van der Waals surface area contributed by atoms with Gasteiger partial charge in [0.25, 0.3) is 0 Å². The van der Waals surface area contributed by atoms with E-state index in [1.807, 2.05) is 43.9 Å². The van der Waals surface area contributed by atoms with Crippen molar-refractivity contribution in [1.29, 1.82) is 0 Å². The van der Waals surface area contributed by atoms with E-state index in [-0.39, 0.29) is 12.5 Å². The van der Waals surface area contributed by atoms with Crippen molar-refractivity contribution in [3.63, 3.8) is 0 Å². The van der Waals surface area contributed by atoms with Crippen LogP contribution in [-0.2, 0) is 11.2 Å². The van der Waals surface area contributed by atoms with Gasteiger partial charge in [-0.15, -0.1) is 0 Å². The standard InChI is InChI=1S/C18H31N5OS/c1-4-19-18(21-12-7-8-14-25-3)22-15-17(24)23(2)13-10-16-9-5-6-11-20-16/h5-6,9,11H,4,7-8,10,12-15H2,1-3H3,(H2,19,21,22). The number of thioether (sulfide) groups is 1. The number of aromatic nitrogens is 1. The van der Waals surface area contributed by atoms with Crippen LogP contribution in [-0.4, -0.2) is 67.0 Å². The molecule has 1 heterocycles. The lowest BCUT2D eigenvalue weighted by atomic mass is 10.2. The number of likely N-dealkylation sites (N-methyl/N-ethyl adjacent to an activating group) is 1. The fourth-order valence-electron chi connectivity index (χ4n) is 2.14. The van der Waals surface area contributed by atoms with Crippen molar-refractivity contribution in [2.45, 2.75) is 26.2 Å². The lowest BCUT2D eigenvalue weighted by Crippen LogP contribution is -2.39. The minimum absolute atomic E-state index is 0.00974. The Balaban J connectivity index is 2.35. The van der Waals surface area contributed by atoms with Gasteiger partial charge in [-0.05, 0) is 43.9 Å². The second-order valence-electron chi connectivity index (χ2n) is 5.71. The molecule has 1 aromatic rings. The molecule has 0 fully saturated rings. The SMILES string of the molecule is CCNC(=NCC(=O)N(C)CCc1ccccn1)NCCCCSC. The molecular weight excluding hydrogens is 334 g/mol. The van der Waals surface area contributed by atoms with Crippen LogP contribution in [0.2, 0.25) is 0 Å². The fraction of sp³-hybridized carbons (Fsp3) is 0.611. The van der Waals surface area contributed by atoms with Gasteiger partial charge in [-0.3, -0.25) is 9.78 Å². The molecule has 25 heavy (non-hydrogen) atoms. The van der Waals surface area contributed by atoms with E-state index in [2.05, 4.69) is 26.9 Å². The third-order valence-electron chi connectivity index (χ3n) is 3.64. The summed E-state index contributed by atoms with van der Waals surface area (Å²) in [6, 6.07) is 5.83. The van der Waals surface area contributed by atoms with Crippen LogP contribution in [0.4, 0.5) is 0 Å². The third kappa shape index (κ3) is 9.96. The van der Waals surface area contributed by atoms with Gasteiger partial charge in [0, 0.05) is 45.0 Å². The zero-order valence-corrected chi connectivity index (χ0v) is 16.4. The molecule has 1 amide bonds. The van der Waals surface area contributed by atoms with E-state index in [9.17, 15) is 4.79 Å². The van der Waals surface area contributed by atoms with Gasteiger partial charge >= 0.3 is 0 Å². The van der Waals surface area contributed by atoms with E-state index in [1.54, 1.807) is 11.1 Å². The highest BCUT2D eigenvalue weighted by atomic mass is 32.2. The van der Waals surface area contributed by atoms with Crippen LogP contribution in [0, 0.1) is 0 Å². The zero-order valence-electron chi connectivity index (χ0n) is 15.6. The van der Waals surface area contributed by atoms with Crippen LogP contribution >= 0.6 is 11.8 Å². The quantitative estimate of drug-likeness (QED) is 0.355. The molecule has 1 aromatic heterocycles. The summed E-state index contributed by atoms with van der Waals surface area (Å²) in [6.45, 7) is 4.46. The topological polar surface area (TPSA) is 69.6 Å². The summed E-state index contributed by atoms with van der Waals surface area (Å²) in [5, 5.41) is 6.46. The van der Waals surface area contributed by atoms with Gasteiger partial charge in [0.15, 0.2) is 5.96 Å². The number of guanidine groups is 1. The summed E-state index contributed by atoms with van der Waals surface area (Å²) >= 11 is 1.86. The molecule has 1 rings (SSSR count). The van der Waals surface area contributed by atoms with Crippen molar-refractivity contribution in [3.05, 3.63) is 30.1 Å². The van der Waals surface area contributed by atoms with Gasteiger partial charge in [-0.25, -0.2) is 4.99 Å². The minimum Gasteiger partial charge on any atom is -0.357 e. The Hall–Kier alpha value is -1.76. The molecule has 0 aromatic carbocycles. The van der Waals surface area contributed by atoms with Crippen molar-refractivity contribution in [2.75, 3.05) is 45.2 Å². The highest BCUT2D eigenvalue weighted by Gasteiger charge is 2.09. The monoisotopic (exact) mass is 365 g/mol. The number of pyridine rings is 1. The summed E-state index contributed by atoms with van der Waals surface area (Å²) in [5.41, 5.74) is 0.992. The van der Waals surface area contributed by atoms with Gasteiger partial charge < -0.3 is 15.5 Å². The molecule has 6 nitrogen and oxygen atoms in total. The Morgan fingerprint density at radius 1 is 1.32 bits per heavy atom. The van der Waals surface area contributed by atoms with E-state index in [4.69, 9.17) is 0 Å². The average molecular weight is 366 g/mol. The van der Waals surface area contributed by atoms with Crippen molar-refractivity contribution < 1.29 is 4.79 Å². The van der Waals surface area contributed by atoms with Gasteiger partial charge in [0.1, 0.15) is 6.54 Å². The first-order valence-electron chi connectivity index (χ1n) is 8.82. The molecule has 0 aliphatic carbocycles. The number of nitrogens with one attached hydrogen (secondary N) is 2. The molecule has 140 valence electrons. The predicted octanol–water partition coefficient (Wildman–Crippen LogP) is 1.78. The second kappa shape index (κ2) is 13.5. The molecule has 0 unspecified atom stereocenters. The third-order valence-corrected chi connectivity index (χ3v) is 4.34. The number of carbonyl (C=O) groups is 1. The Kier molecular flexibility index (Phi) is 11.5. The van der Waals surface area contributed by atoms with Crippen LogP contribution in [0.5, 0.6) is 0 Å². The average Bonchev–Trinajstić information content (AvgIpc) is 2.64. The van der Waals surface area contributed by atoms with Crippen LogP contribution in [0.25, 0.3) is 0 Å². The maximum Gasteiger partial charge on any atom is 0.244 e. The van der Waals surface area contributed by atoms with Gasteiger partial charge in [-0.2, -0.15) is 11.8 Å². The largest absolute Gasteiger partial charge is 0.357 e. The first-order valence-corrected chi connectivity index (χ1v) is 10.2. The molecule has 0 aliphatic rings. The molecule has 0 bridgehead atoms. The van der Waals surface area contributed by atoms with Crippen LogP contribution in [0.1, 0.15) is 25.5 Å². The summed E-state index contributed by atoms with van der Waals surface area (Å²) < 4.78 is 0. The number of nitrogens with zero attached hydrogens (tertiary/aromatic N) is 3. The van der Waals surface area contributed by atoms with Crippen molar-refractivity contribution in [1.82, 2.24) is 20.5 Å². The first-order chi connectivity index (χ1) is 12.2. The highest BCUT2D eigenvalue weighted by molar-refractivity contribution is 7.98. The van der Waals surface area contributed by atoms with Crippen LogP contribution in [0.3, 0.4) is 0 Å². The van der Waals surface area contributed by atoms with E-state index in [0.29, 0.717) is 12.5 Å². The number of unbranched alkanes of at least 4 members (excludes halogenated alkanes) is 1. The molecule has 0 spiro atoms. The predicted molar refractivity (Wildman–Crippen MR) is 107 cm³/mol. The minimum atomic E-state index is 0.00974. The molecular formula is C18H31N5OS. The van der Waals surface area contributed by atoms with E-state index in [0.717, 1.165) is 31.6 Å². The summed E-state index contributed by atoms with van der Waals surface area (Å²) in [6.07, 6.45) is 6.93. The van der Waals surface area contributed by atoms with Crippen molar-refractivity contribution in [2.24, 2.45) is 4.99 Å². The molecule has 0 aliphatic heterocycles. The molecule has 0 atom stereocenters. The highest BCUT2D eigenvalue weighted by Crippen LogP contribution is 1.98. The lowest BCUT2D eigenvalue weighted by molar-refractivity contribution is -0.128. The van der Waals surface area contributed by atoms with E-state index in [1.165, 1.54) is 12.2 Å². The first kappa shape index (κ1) is 21.3. The van der Waals surface area contributed by atoms with E-state index < -0.39 is 0 Å². The lowest BCUT2D eigenvalue weighted by Gasteiger charge is -2.16. The van der Waals surface area contributed by atoms with E-state index >= 15 is 0 Å². The van der Waals surface area contributed by atoms with Gasteiger partial charge in [0.2, 0.25) is 5.91 Å². The Morgan fingerprint density at radius 3 is 2.84 bits per heavy atom. The maximum absolute atomic E-state index is 12.2. The smallest absolute Gasteiger partial charge is 0.244 e. The van der Waals surface area contributed by atoms with Gasteiger partial charge in [0.05, 0.1) is 0 Å². The molecule has 0 saturated heterocycles. The molecule has 0 radical (unpaired) electrons. The van der Waals surface area contributed by atoms with Gasteiger partial charge in [-0.1, -0.05) is 6.07 Å². The summed E-state index contributed by atoms with van der Waals surface area (Å²) in [5.74, 6) is 1.89. The Bertz CT molecular complexity index is 509. The Labute approximate surface area is 155 Å². The molecule has 0 saturated carbocycles. The van der Waals surface area contributed by atoms with Crippen LogP contribution < -0.4 is 10.6 Å². The van der Waals surface area contributed by atoms with Crippen LogP contribution in [0.15, 0.2) is 29.4 Å². The van der Waals surface area contributed by atoms with Crippen molar-refractivity contribution in [3.8, 4) is 0 Å². The fourth-order valence-corrected chi connectivity index (χ4v) is 2.63. The zero-order chi connectivity index (χ0) is 18.3. The van der Waals surface area contributed by atoms with Crippen molar-refractivity contribution >= 4 is 23.6 Å². The summed E-state index contributed by atoms with van der Waals surface area (Å²) in [7, 11) is 1.81. The number of amides is 1. The number of carbonyl (C=O) groups excluding carboxylic acids is 1. The number of hydrogen-bond donors (Lipinski definition) is 2. The second-order valence-corrected chi connectivity index (χ2v) is 6.69. The Morgan fingerprint density at radius 2 is 2.16 bits per heavy atom.